The molecule has 2 atom stereocenters. The molecule has 2 amide bonds. The number of carboxylic acids is 1. The van der Waals surface area contributed by atoms with Crippen LogP contribution in [0.15, 0.2) is 78.9 Å². The minimum absolute atomic E-state index is 0.101. The molecule has 0 saturated carbocycles. The zero-order valence-corrected chi connectivity index (χ0v) is 18.4. The van der Waals surface area contributed by atoms with Crippen molar-refractivity contribution in [3.8, 4) is 11.1 Å². The number of benzene rings is 3. The van der Waals surface area contributed by atoms with Crippen LogP contribution in [0.4, 0.5) is 4.79 Å². The lowest BCUT2D eigenvalue weighted by Gasteiger charge is -2.40. The standard InChI is InChI=1S/C27H24N2O5/c30-25(29-15-14-23(29)26(31)32)24(17-8-2-1-3-9-17)28-27(33)34-16-22-20-12-6-4-10-18(20)19-11-5-7-13-21(19)22/h1-13,22-24H,14-16H2,(H,28,33)(H,31,32)/t23?,24-/m0/s1. The van der Waals surface area contributed by atoms with Gasteiger partial charge in [0, 0.05) is 12.5 Å². The number of nitrogens with zero attached hydrogens (tertiary/aromatic N) is 1. The van der Waals surface area contributed by atoms with Crippen molar-refractivity contribution in [1.29, 1.82) is 0 Å². The lowest BCUT2D eigenvalue weighted by atomic mass is 9.98. The number of carboxylic acid groups (broad SMARTS) is 1. The van der Waals surface area contributed by atoms with E-state index in [4.69, 9.17) is 4.74 Å². The van der Waals surface area contributed by atoms with E-state index in [-0.39, 0.29) is 12.5 Å². The zero-order chi connectivity index (χ0) is 23.7. The summed E-state index contributed by atoms with van der Waals surface area (Å²) >= 11 is 0. The van der Waals surface area contributed by atoms with E-state index < -0.39 is 30.1 Å². The summed E-state index contributed by atoms with van der Waals surface area (Å²) in [5.74, 6) is -1.61. The third-order valence-corrected chi connectivity index (χ3v) is 6.57. The van der Waals surface area contributed by atoms with Crippen LogP contribution >= 0.6 is 0 Å². The Hall–Kier alpha value is -4.13. The van der Waals surface area contributed by atoms with E-state index in [1.165, 1.54) is 4.90 Å². The van der Waals surface area contributed by atoms with Crippen LogP contribution in [-0.4, -0.2) is 47.2 Å². The number of hydrogen-bond acceptors (Lipinski definition) is 4. The number of likely N-dealkylation sites (tertiary alicyclic amines) is 1. The molecule has 0 bridgehead atoms. The predicted octanol–water partition coefficient (Wildman–Crippen LogP) is 3.95. The SMILES string of the molecule is O=C(N[C@H](C(=O)N1CCC1C(=O)O)c1ccccc1)OCC1c2ccccc2-c2ccccc21. The van der Waals surface area contributed by atoms with E-state index in [1.807, 2.05) is 42.5 Å². The molecule has 0 spiro atoms. The number of nitrogens with one attached hydrogen (secondary N) is 1. The van der Waals surface area contributed by atoms with E-state index in [2.05, 4.69) is 17.4 Å². The second-order valence-corrected chi connectivity index (χ2v) is 8.49. The minimum atomic E-state index is -1.05. The van der Waals surface area contributed by atoms with Crippen molar-refractivity contribution in [1.82, 2.24) is 10.2 Å². The zero-order valence-electron chi connectivity index (χ0n) is 18.4. The Kier molecular flexibility index (Phi) is 5.76. The molecule has 1 saturated heterocycles. The average molecular weight is 456 g/mol. The van der Waals surface area contributed by atoms with Crippen molar-refractivity contribution in [3.05, 3.63) is 95.6 Å². The Morgan fingerprint density at radius 2 is 1.50 bits per heavy atom. The molecule has 34 heavy (non-hydrogen) atoms. The summed E-state index contributed by atoms with van der Waals surface area (Å²) in [7, 11) is 0. The highest BCUT2D eigenvalue weighted by atomic mass is 16.5. The van der Waals surface area contributed by atoms with Crippen molar-refractivity contribution in [3.63, 3.8) is 0 Å². The van der Waals surface area contributed by atoms with E-state index in [0.717, 1.165) is 22.3 Å². The minimum Gasteiger partial charge on any atom is -0.480 e. The van der Waals surface area contributed by atoms with Gasteiger partial charge in [-0.25, -0.2) is 9.59 Å². The molecule has 2 aliphatic rings. The summed E-state index contributed by atoms with van der Waals surface area (Å²) in [6.07, 6.45) is -0.329. The first-order chi connectivity index (χ1) is 16.5. The van der Waals surface area contributed by atoms with Gasteiger partial charge in [0.05, 0.1) is 0 Å². The number of aliphatic carboxylic acids is 1. The number of carbonyl (C=O) groups excluding carboxylic acids is 2. The highest BCUT2D eigenvalue weighted by molar-refractivity contribution is 5.91. The van der Waals surface area contributed by atoms with Gasteiger partial charge in [0.1, 0.15) is 18.7 Å². The van der Waals surface area contributed by atoms with Gasteiger partial charge in [-0.05, 0) is 34.2 Å². The topological polar surface area (TPSA) is 95.9 Å². The molecule has 0 radical (unpaired) electrons. The van der Waals surface area contributed by atoms with Gasteiger partial charge in [-0.15, -0.1) is 0 Å². The Morgan fingerprint density at radius 3 is 2.06 bits per heavy atom. The van der Waals surface area contributed by atoms with Gasteiger partial charge in [0.25, 0.3) is 5.91 Å². The lowest BCUT2D eigenvalue weighted by Crippen LogP contribution is -2.58. The molecule has 1 aliphatic carbocycles. The molecule has 3 aromatic rings. The van der Waals surface area contributed by atoms with Crippen molar-refractivity contribution >= 4 is 18.0 Å². The first-order valence-electron chi connectivity index (χ1n) is 11.2. The summed E-state index contributed by atoms with van der Waals surface area (Å²) in [5, 5.41) is 12.0. The van der Waals surface area contributed by atoms with Gasteiger partial charge < -0.3 is 20.1 Å². The summed E-state index contributed by atoms with van der Waals surface area (Å²) in [4.78, 5) is 38.7. The quantitative estimate of drug-likeness (QED) is 0.586. The number of fused-ring (bicyclic) bond motifs is 3. The first-order valence-corrected chi connectivity index (χ1v) is 11.2. The Bertz CT molecular complexity index is 1200. The van der Waals surface area contributed by atoms with Crippen molar-refractivity contribution < 1.29 is 24.2 Å². The normalized spacial score (nSPS) is 17.2. The lowest BCUT2D eigenvalue weighted by molar-refractivity contribution is -0.158. The number of hydrogen-bond donors (Lipinski definition) is 2. The first kappa shape index (κ1) is 21.7. The maximum absolute atomic E-state index is 13.2. The monoisotopic (exact) mass is 456 g/mol. The van der Waals surface area contributed by atoms with E-state index >= 15 is 0 Å². The molecular weight excluding hydrogens is 432 g/mol. The fourth-order valence-corrected chi connectivity index (χ4v) is 4.76. The molecule has 5 rings (SSSR count). The van der Waals surface area contributed by atoms with Crippen LogP contribution in [0.2, 0.25) is 0 Å². The third-order valence-electron chi connectivity index (χ3n) is 6.57. The Labute approximate surface area is 197 Å². The number of carbonyl (C=O) groups is 3. The summed E-state index contributed by atoms with van der Waals surface area (Å²) in [6, 6.07) is 23.0. The molecule has 0 aromatic heterocycles. The summed E-state index contributed by atoms with van der Waals surface area (Å²) in [6.45, 7) is 0.461. The highest BCUT2D eigenvalue weighted by Crippen LogP contribution is 2.44. The smallest absolute Gasteiger partial charge is 0.408 e. The van der Waals surface area contributed by atoms with Gasteiger partial charge in [-0.1, -0.05) is 78.9 Å². The van der Waals surface area contributed by atoms with E-state index in [0.29, 0.717) is 18.5 Å². The van der Waals surface area contributed by atoms with Crippen LogP contribution < -0.4 is 5.32 Å². The van der Waals surface area contributed by atoms with Gasteiger partial charge in [0.2, 0.25) is 0 Å². The average Bonchev–Trinajstić information content (AvgIpc) is 3.14. The van der Waals surface area contributed by atoms with Gasteiger partial charge >= 0.3 is 12.1 Å². The molecule has 1 aliphatic heterocycles. The van der Waals surface area contributed by atoms with Crippen molar-refractivity contribution in [2.45, 2.75) is 24.4 Å². The van der Waals surface area contributed by atoms with Crippen LogP contribution in [-0.2, 0) is 14.3 Å². The van der Waals surface area contributed by atoms with Crippen molar-refractivity contribution in [2.75, 3.05) is 13.2 Å². The molecular formula is C27H24N2O5. The highest BCUT2D eigenvalue weighted by Gasteiger charge is 2.41. The van der Waals surface area contributed by atoms with Gasteiger partial charge in [-0.2, -0.15) is 0 Å². The molecule has 1 fully saturated rings. The molecule has 3 aromatic carbocycles. The van der Waals surface area contributed by atoms with E-state index in [9.17, 15) is 19.5 Å². The molecule has 7 heteroatoms. The molecule has 2 N–H and O–H groups in total. The number of ether oxygens (including phenoxy) is 1. The van der Waals surface area contributed by atoms with Gasteiger partial charge in [-0.3, -0.25) is 4.79 Å². The van der Waals surface area contributed by atoms with Crippen LogP contribution in [0.5, 0.6) is 0 Å². The Balaban J connectivity index is 1.32. The third kappa shape index (κ3) is 3.90. The fraction of sp³-hybridized carbons (Fsp3) is 0.222. The molecule has 1 heterocycles. The number of alkyl carbamates (subject to hydrolysis) is 1. The second kappa shape index (κ2) is 9.02. The number of amides is 2. The van der Waals surface area contributed by atoms with Crippen molar-refractivity contribution in [2.24, 2.45) is 0 Å². The van der Waals surface area contributed by atoms with Crippen LogP contribution in [0.25, 0.3) is 11.1 Å². The predicted molar refractivity (Wildman–Crippen MR) is 125 cm³/mol. The summed E-state index contributed by atoms with van der Waals surface area (Å²) < 4.78 is 5.61. The molecule has 1 unspecified atom stereocenters. The largest absolute Gasteiger partial charge is 0.480 e. The van der Waals surface area contributed by atoms with Crippen LogP contribution in [0, 0.1) is 0 Å². The molecule has 7 nitrogen and oxygen atoms in total. The van der Waals surface area contributed by atoms with Crippen LogP contribution in [0.1, 0.15) is 35.1 Å². The summed E-state index contributed by atoms with van der Waals surface area (Å²) in [5.41, 5.74) is 5.01. The molecule has 172 valence electrons. The van der Waals surface area contributed by atoms with E-state index in [1.54, 1.807) is 24.3 Å². The maximum Gasteiger partial charge on any atom is 0.408 e. The second-order valence-electron chi connectivity index (χ2n) is 8.49. The van der Waals surface area contributed by atoms with Crippen LogP contribution in [0.3, 0.4) is 0 Å². The van der Waals surface area contributed by atoms with Gasteiger partial charge in [0.15, 0.2) is 0 Å². The Morgan fingerprint density at radius 1 is 0.912 bits per heavy atom. The maximum atomic E-state index is 13.2. The number of rotatable bonds is 6. The fourth-order valence-electron chi connectivity index (χ4n) is 4.76.